The Morgan fingerprint density at radius 3 is 2.40 bits per heavy atom. The van der Waals surface area contributed by atoms with Crippen LogP contribution in [0.25, 0.3) is 22.2 Å². The van der Waals surface area contributed by atoms with Crippen LogP contribution in [0.5, 0.6) is 0 Å². The summed E-state index contributed by atoms with van der Waals surface area (Å²) in [6.07, 6.45) is 1.43. The fourth-order valence-electron chi connectivity index (χ4n) is 2.84. The van der Waals surface area contributed by atoms with Crippen LogP contribution in [0.1, 0.15) is 56.9 Å². The standard InChI is InChI=1S/C19H24N4O2/c1-5-11(3)23-17(20)15(19(24)25-12(4)6-2)16-18(23)22-14-10-8-7-9-13(14)21-16/h7-12H,5-6,20H2,1-4H3/t11-,12-/m0/s1. The number of benzene rings is 1. The lowest BCUT2D eigenvalue weighted by Gasteiger charge is -2.15. The van der Waals surface area contributed by atoms with Crippen molar-refractivity contribution in [1.29, 1.82) is 0 Å². The Bertz CT molecular complexity index is 932. The number of anilines is 1. The van der Waals surface area contributed by atoms with Gasteiger partial charge in [0.15, 0.2) is 5.65 Å². The van der Waals surface area contributed by atoms with Gasteiger partial charge in [-0.25, -0.2) is 14.8 Å². The molecule has 0 fully saturated rings. The number of aromatic nitrogens is 3. The third kappa shape index (κ3) is 2.92. The molecule has 6 nitrogen and oxygen atoms in total. The lowest BCUT2D eigenvalue weighted by Crippen LogP contribution is -2.16. The summed E-state index contributed by atoms with van der Waals surface area (Å²) in [4.78, 5) is 22.1. The van der Waals surface area contributed by atoms with E-state index in [4.69, 9.17) is 15.5 Å². The molecule has 3 rings (SSSR count). The first-order valence-electron chi connectivity index (χ1n) is 8.75. The number of fused-ring (bicyclic) bond motifs is 2. The van der Waals surface area contributed by atoms with E-state index in [-0.39, 0.29) is 12.1 Å². The lowest BCUT2D eigenvalue weighted by atomic mass is 10.2. The maximum atomic E-state index is 12.7. The van der Waals surface area contributed by atoms with Crippen LogP contribution in [0, 0.1) is 0 Å². The molecule has 0 saturated carbocycles. The van der Waals surface area contributed by atoms with Crippen molar-refractivity contribution in [2.75, 3.05) is 5.73 Å². The normalized spacial score (nSPS) is 13.9. The van der Waals surface area contributed by atoms with Crippen molar-refractivity contribution in [3.63, 3.8) is 0 Å². The molecule has 2 N–H and O–H groups in total. The van der Waals surface area contributed by atoms with Gasteiger partial charge in [-0.2, -0.15) is 0 Å². The number of hydrogen-bond acceptors (Lipinski definition) is 5. The molecule has 0 aliphatic rings. The number of nitrogens with zero attached hydrogens (tertiary/aromatic N) is 3. The molecule has 25 heavy (non-hydrogen) atoms. The molecule has 0 unspecified atom stereocenters. The van der Waals surface area contributed by atoms with Gasteiger partial charge in [0, 0.05) is 6.04 Å². The van der Waals surface area contributed by atoms with Crippen LogP contribution in [-0.4, -0.2) is 26.6 Å². The number of nitrogen functional groups attached to an aromatic ring is 1. The van der Waals surface area contributed by atoms with Crippen LogP contribution in [0.4, 0.5) is 5.82 Å². The summed E-state index contributed by atoms with van der Waals surface area (Å²) >= 11 is 0. The number of esters is 1. The molecular formula is C19H24N4O2. The predicted molar refractivity (Wildman–Crippen MR) is 99.6 cm³/mol. The summed E-state index contributed by atoms with van der Waals surface area (Å²) < 4.78 is 7.40. The first-order chi connectivity index (χ1) is 12.0. The fraction of sp³-hybridized carbons (Fsp3) is 0.421. The number of para-hydroxylation sites is 2. The topological polar surface area (TPSA) is 83.0 Å². The van der Waals surface area contributed by atoms with E-state index in [1.807, 2.05) is 42.7 Å². The Morgan fingerprint density at radius 1 is 1.16 bits per heavy atom. The molecule has 0 radical (unpaired) electrons. The molecule has 0 saturated heterocycles. The maximum Gasteiger partial charge on any atom is 0.344 e. The van der Waals surface area contributed by atoms with Crippen molar-refractivity contribution in [2.45, 2.75) is 52.7 Å². The number of carbonyl (C=O) groups excluding carboxylic acids is 1. The van der Waals surface area contributed by atoms with Crippen LogP contribution in [-0.2, 0) is 4.74 Å². The summed E-state index contributed by atoms with van der Waals surface area (Å²) in [6.45, 7) is 7.96. The zero-order valence-electron chi connectivity index (χ0n) is 15.1. The number of rotatable bonds is 5. The number of nitrogens with two attached hydrogens (primary N) is 1. The highest BCUT2D eigenvalue weighted by Gasteiger charge is 2.27. The first kappa shape index (κ1) is 17.2. The molecule has 0 aliphatic heterocycles. The van der Waals surface area contributed by atoms with Crippen molar-refractivity contribution in [3.05, 3.63) is 29.8 Å². The Morgan fingerprint density at radius 2 is 1.80 bits per heavy atom. The molecular weight excluding hydrogens is 316 g/mol. The van der Waals surface area contributed by atoms with Crippen molar-refractivity contribution in [1.82, 2.24) is 14.5 Å². The molecule has 1 aromatic carbocycles. The van der Waals surface area contributed by atoms with Crippen LogP contribution in [0.15, 0.2) is 24.3 Å². The van der Waals surface area contributed by atoms with E-state index in [0.717, 1.165) is 23.9 Å². The minimum Gasteiger partial charge on any atom is -0.459 e. The van der Waals surface area contributed by atoms with Gasteiger partial charge in [-0.1, -0.05) is 26.0 Å². The largest absolute Gasteiger partial charge is 0.459 e. The van der Waals surface area contributed by atoms with E-state index in [2.05, 4.69) is 18.8 Å². The van der Waals surface area contributed by atoms with Crippen LogP contribution < -0.4 is 5.73 Å². The third-order valence-electron chi connectivity index (χ3n) is 4.65. The highest BCUT2D eigenvalue weighted by atomic mass is 16.5. The number of carbonyl (C=O) groups is 1. The predicted octanol–water partition coefficient (Wildman–Crippen LogP) is 4.09. The Kier molecular flexibility index (Phi) is 4.61. The summed E-state index contributed by atoms with van der Waals surface area (Å²) in [5.41, 5.74) is 9.31. The van der Waals surface area contributed by atoms with E-state index in [9.17, 15) is 4.79 Å². The number of ether oxygens (including phenoxy) is 1. The fourth-order valence-corrected chi connectivity index (χ4v) is 2.84. The zero-order valence-corrected chi connectivity index (χ0v) is 15.1. The van der Waals surface area contributed by atoms with Crippen molar-refractivity contribution < 1.29 is 9.53 Å². The van der Waals surface area contributed by atoms with E-state index in [0.29, 0.717) is 22.5 Å². The van der Waals surface area contributed by atoms with Gasteiger partial charge in [-0.05, 0) is 38.8 Å². The minimum atomic E-state index is -0.441. The third-order valence-corrected chi connectivity index (χ3v) is 4.65. The van der Waals surface area contributed by atoms with Crippen molar-refractivity contribution in [3.8, 4) is 0 Å². The SMILES string of the molecule is CC[C@H](C)OC(=O)c1c(N)n([C@@H](C)CC)c2nc3ccccc3nc12. The summed E-state index contributed by atoms with van der Waals surface area (Å²) in [7, 11) is 0. The Labute approximate surface area is 147 Å². The molecule has 2 aromatic heterocycles. The van der Waals surface area contributed by atoms with Gasteiger partial charge in [0.1, 0.15) is 16.9 Å². The van der Waals surface area contributed by atoms with Gasteiger partial charge < -0.3 is 15.0 Å². The van der Waals surface area contributed by atoms with Crippen LogP contribution >= 0.6 is 0 Å². The van der Waals surface area contributed by atoms with Crippen LogP contribution in [0.3, 0.4) is 0 Å². The van der Waals surface area contributed by atoms with E-state index in [1.165, 1.54) is 0 Å². The molecule has 2 heterocycles. The van der Waals surface area contributed by atoms with Gasteiger partial charge in [0.2, 0.25) is 0 Å². The maximum absolute atomic E-state index is 12.7. The molecule has 132 valence electrons. The summed E-state index contributed by atoms with van der Waals surface area (Å²) in [5.74, 6) is -0.0727. The van der Waals surface area contributed by atoms with E-state index >= 15 is 0 Å². The number of hydrogen-bond donors (Lipinski definition) is 1. The first-order valence-corrected chi connectivity index (χ1v) is 8.75. The van der Waals surface area contributed by atoms with Gasteiger partial charge in [0.25, 0.3) is 0 Å². The zero-order chi connectivity index (χ0) is 18.1. The second-order valence-corrected chi connectivity index (χ2v) is 6.40. The molecule has 6 heteroatoms. The molecule has 0 bridgehead atoms. The molecule has 2 atom stereocenters. The second kappa shape index (κ2) is 6.70. The molecule has 0 aliphatic carbocycles. The smallest absolute Gasteiger partial charge is 0.344 e. The van der Waals surface area contributed by atoms with Gasteiger partial charge in [0.05, 0.1) is 17.1 Å². The van der Waals surface area contributed by atoms with Gasteiger partial charge in [-0.15, -0.1) is 0 Å². The molecule has 0 spiro atoms. The van der Waals surface area contributed by atoms with E-state index < -0.39 is 5.97 Å². The summed E-state index contributed by atoms with van der Waals surface area (Å²) in [5, 5.41) is 0. The summed E-state index contributed by atoms with van der Waals surface area (Å²) in [6, 6.07) is 7.70. The lowest BCUT2D eigenvalue weighted by molar-refractivity contribution is 0.0338. The quantitative estimate of drug-likeness (QED) is 0.707. The van der Waals surface area contributed by atoms with Crippen molar-refractivity contribution >= 4 is 34.0 Å². The molecule has 3 aromatic rings. The minimum absolute atomic E-state index is 0.100. The average Bonchev–Trinajstić information content (AvgIpc) is 2.89. The van der Waals surface area contributed by atoms with Gasteiger partial charge in [-0.3, -0.25) is 0 Å². The Balaban J connectivity index is 2.29. The second-order valence-electron chi connectivity index (χ2n) is 6.40. The van der Waals surface area contributed by atoms with Crippen molar-refractivity contribution in [2.24, 2.45) is 0 Å². The highest BCUT2D eigenvalue weighted by molar-refractivity contribution is 6.08. The average molecular weight is 340 g/mol. The Hall–Kier alpha value is -2.63. The van der Waals surface area contributed by atoms with Gasteiger partial charge >= 0.3 is 5.97 Å². The molecule has 0 amide bonds. The van der Waals surface area contributed by atoms with Crippen LogP contribution in [0.2, 0.25) is 0 Å². The van der Waals surface area contributed by atoms with E-state index in [1.54, 1.807) is 0 Å². The highest BCUT2D eigenvalue weighted by Crippen LogP contribution is 2.32. The monoisotopic (exact) mass is 340 g/mol.